The van der Waals surface area contributed by atoms with Crippen molar-refractivity contribution in [1.29, 1.82) is 0 Å². The van der Waals surface area contributed by atoms with Crippen LogP contribution in [-0.2, 0) is 4.79 Å². The first-order valence-corrected chi connectivity index (χ1v) is 4.30. The van der Waals surface area contributed by atoms with Gasteiger partial charge in [0, 0.05) is 0 Å². The van der Waals surface area contributed by atoms with Crippen molar-refractivity contribution in [3.05, 3.63) is 34.9 Å². The lowest BCUT2D eigenvalue weighted by atomic mass is 9.99. The van der Waals surface area contributed by atoms with Crippen molar-refractivity contribution >= 4 is 6.08 Å². The minimum absolute atomic E-state index is 0.0857. The van der Waals surface area contributed by atoms with Crippen LogP contribution in [0.5, 0.6) is 0 Å². The number of benzene rings is 1. The quantitative estimate of drug-likeness (QED) is 0.502. The summed E-state index contributed by atoms with van der Waals surface area (Å²) in [5.41, 5.74) is 3.53. The van der Waals surface area contributed by atoms with Crippen LogP contribution < -0.4 is 0 Å². The smallest absolute Gasteiger partial charge is 0.211 e. The lowest BCUT2D eigenvalue weighted by Crippen LogP contribution is -1.95. The van der Waals surface area contributed by atoms with Gasteiger partial charge in [-0.15, -0.1) is 0 Å². The van der Waals surface area contributed by atoms with E-state index >= 15 is 0 Å². The molecule has 0 saturated carbocycles. The lowest BCUT2D eigenvalue weighted by molar-refractivity contribution is 0.559. The molecule has 1 atom stereocenters. The fraction of sp³-hybridized carbons (Fsp3) is 0.364. The van der Waals surface area contributed by atoms with Gasteiger partial charge in [0.2, 0.25) is 6.08 Å². The van der Waals surface area contributed by atoms with Crippen LogP contribution in [0.15, 0.2) is 23.2 Å². The summed E-state index contributed by atoms with van der Waals surface area (Å²) in [7, 11) is 0. The SMILES string of the molecule is Cc1cccc(C(C)N=C=O)c1C. The predicted octanol–water partition coefficient (Wildman–Crippen LogP) is 2.70. The number of hydrogen-bond donors (Lipinski definition) is 0. The average Bonchev–Trinajstić information content (AvgIpc) is 2.10. The van der Waals surface area contributed by atoms with Crippen LogP contribution >= 0.6 is 0 Å². The normalized spacial score (nSPS) is 11.9. The molecule has 68 valence electrons. The van der Waals surface area contributed by atoms with Crippen LogP contribution in [-0.4, -0.2) is 6.08 Å². The fourth-order valence-corrected chi connectivity index (χ4v) is 1.37. The number of aliphatic imine (C=N–C) groups is 1. The molecule has 0 N–H and O–H groups in total. The molecule has 0 aliphatic rings. The van der Waals surface area contributed by atoms with Gasteiger partial charge in [-0.05, 0) is 37.5 Å². The van der Waals surface area contributed by atoms with Crippen molar-refractivity contribution in [2.75, 3.05) is 0 Å². The number of hydrogen-bond acceptors (Lipinski definition) is 2. The maximum Gasteiger partial charge on any atom is 0.235 e. The van der Waals surface area contributed by atoms with E-state index in [0.29, 0.717) is 0 Å². The van der Waals surface area contributed by atoms with Gasteiger partial charge in [0.05, 0.1) is 6.04 Å². The van der Waals surface area contributed by atoms with E-state index in [1.54, 1.807) is 6.08 Å². The third kappa shape index (κ3) is 2.04. The van der Waals surface area contributed by atoms with Crippen molar-refractivity contribution in [2.45, 2.75) is 26.8 Å². The summed E-state index contributed by atoms with van der Waals surface area (Å²) < 4.78 is 0. The van der Waals surface area contributed by atoms with E-state index in [9.17, 15) is 4.79 Å². The summed E-state index contributed by atoms with van der Waals surface area (Å²) in [6, 6.07) is 5.94. The zero-order valence-electron chi connectivity index (χ0n) is 8.16. The predicted molar refractivity (Wildman–Crippen MR) is 52.5 cm³/mol. The Balaban J connectivity index is 3.14. The Hall–Kier alpha value is -1.40. The Kier molecular flexibility index (Phi) is 2.99. The first-order chi connectivity index (χ1) is 6.16. The molecule has 0 fully saturated rings. The number of nitrogens with zero attached hydrogens (tertiary/aromatic N) is 1. The highest BCUT2D eigenvalue weighted by Gasteiger charge is 2.07. The van der Waals surface area contributed by atoms with Gasteiger partial charge >= 0.3 is 0 Å². The topological polar surface area (TPSA) is 29.4 Å². The third-order valence-electron chi connectivity index (χ3n) is 2.34. The lowest BCUT2D eigenvalue weighted by Gasteiger charge is -2.10. The van der Waals surface area contributed by atoms with E-state index in [-0.39, 0.29) is 6.04 Å². The molecule has 0 aliphatic carbocycles. The zero-order chi connectivity index (χ0) is 9.84. The van der Waals surface area contributed by atoms with Crippen LogP contribution in [0.1, 0.15) is 29.7 Å². The van der Waals surface area contributed by atoms with Crippen molar-refractivity contribution in [3.8, 4) is 0 Å². The van der Waals surface area contributed by atoms with E-state index in [4.69, 9.17) is 0 Å². The molecule has 0 aromatic heterocycles. The van der Waals surface area contributed by atoms with Crippen molar-refractivity contribution in [2.24, 2.45) is 4.99 Å². The van der Waals surface area contributed by atoms with Crippen LogP contribution in [0.4, 0.5) is 0 Å². The van der Waals surface area contributed by atoms with E-state index in [0.717, 1.165) is 5.56 Å². The molecule has 1 unspecified atom stereocenters. The summed E-state index contributed by atoms with van der Waals surface area (Å²) in [5.74, 6) is 0. The van der Waals surface area contributed by atoms with Crippen molar-refractivity contribution in [1.82, 2.24) is 0 Å². The summed E-state index contributed by atoms with van der Waals surface area (Å²) in [6.07, 6.45) is 1.59. The standard InChI is InChI=1S/C11H13NO/c1-8-5-4-6-11(9(8)2)10(3)12-7-13/h4-6,10H,1-3H3. The first kappa shape index (κ1) is 9.69. The van der Waals surface area contributed by atoms with Gasteiger partial charge in [-0.1, -0.05) is 18.2 Å². The van der Waals surface area contributed by atoms with E-state index < -0.39 is 0 Å². The Morgan fingerprint density at radius 3 is 2.69 bits per heavy atom. The highest BCUT2D eigenvalue weighted by Crippen LogP contribution is 2.22. The minimum atomic E-state index is -0.0857. The summed E-state index contributed by atoms with van der Waals surface area (Å²) >= 11 is 0. The van der Waals surface area contributed by atoms with Gasteiger partial charge < -0.3 is 0 Å². The molecule has 2 nitrogen and oxygen atoms in total. The molecule has 1 rings (SSSR count). The van der Waals surface area contributed by atoms with E-state index in [1.165, 1.54) is 11.1 Å². The van der Waals surface area contributed by atoms with Gasteiger partial charge in [0.25, 0.3) is 0 Å². The maximum atomic E-state index is 10.1. The number of isocyanates is 1. The molecule has 1 aromatic carbocycles. The average molecular weight is 175 g/mol. The maximum absolute atomic E-state index is 10.1. The van der Waals surface area contributed by atoms with Crippen LogP contribution in [0.2, 0.25) is 0 Å². The van der Waals surface area contributed by atoms with Crippen LogP contribution in [0, 0.1) is 13.8 Å². The van der Waals surface area contributed by atoms with E-state index in [2.05, 4.69) is 18.0 Å². The highest BCUT2D eigenvalue weighted by molar-refractivity contribution is 5.39. The number of rotatable bonds is 2. The van der Waals surface area contributed by atoms with Gasteiger partial charge in [-0.25, -0.2) is 4.79 Å². The second kappa shape index (κ2) is 4.01. The zero-order valence-corrected chi connectivity index (χ0v) is 8.16. The molecular weight excluding hydrogens is 162 g/mol. The van der Waals surface area contributed by atoms with Crippen LogP contribution in [0.3, 0.4) is 0 Å². The molecule has 2 heteroatoms. The molecule has 0 bridgehead atoms. The summed E-state index contributed by atoms with van der Waals surface area (Å²) in [4.78, 5) is 13.8. The monoisotopic (exact) mass is 175 g/mol. The molecule has 1 aromatic rings. The van der Waals surface area contributed by atoms with Crippen LogP contribution in [0.25, 0.3) is 0 Å². The number of aryl methyl sites for hydroxylation is 1. The third-order valence-corrected chi connectivity index (χ3v) is 2.34. The Morgan fingerprint density at radius 2 is 2.08 bits per heavy atom. The Labute approximate surface area is 78.3 Å². The molecule has 0 heterocycles. The second-order valence-electron chi connectivity index (χ2n) is 3.19. The second-order valence-corrected chi connectivity index (χ2v) is 3.19. The van der Waals surface area contributed by atoms with E-state index in [1.807, 2.05) is 26.0 Å². The van der Waals surface area contributed by atoms with Gasteiger partial charge in [0.1, 0.15) is 0 Å². The summed E-state index contributed by atoms with van der Waals surface area (Å²) in [5, 5.41) is 0. The molecule has 0 radical (unpaired) electrons. The molecule has 0 aliphatic heterocycles. The largest absolute Gasteiger partial charge is 0.235 e. The number of carbonyl (C=O) groups excluding carboxylic acids is 1. The van der Waals surface area contributed by atoms with Gasteiger partial charge in [-0.3, -0.25) is 0 Å². The molecular formula is C11H13NO. The summed E-state index contributed by atoms with van der Waals surface area (Å²) in [6.45, 7) is 5.99. The molecule has 13 heavy (non-hydrogen) atoms. The molecule has 0 spiro atoms. The molecule has 0 saturated heterocycles. The Morgan fingerprint density at radius 1 is 1.38 bits per heavy atom. The molecule has 0 amide bonds. The van der Waals surface area contributed by atoms with Gasteiger partial charge in [0.15, 0.2) is 0 Å². The Bertz CT molecular complexity index is 351. The highest BCUT2D eigenvalue weighted by atomic mass is 16.1. The van der Waals surface area contributed by atoms with Crippen molar-refractivity contribution < 1.29 is 4.79 Å². The first-order valence-electron chi connectivity index (χ1n) is 4.30. The van der Waals surface area contributed by atoms with Gasteiger partial charge in [-0.2, -0.15) is 4.99 Å². The minimum Gasteiger partial charge on any atom is -0.211 e. The fourth-order valence-electron chi connectivity index (χ4n) is 1.37. The van der Waals surface area contributed by atoms with Crippen molar-refractivity contribution in [3.63, 3.8) is 0 Å².